The number of aryl methyl sites for hydroxylation is 2. The van der Waals surface area contributed by atoms with Gasteiger partial charge in [0.25, 0.3) is 0 Å². The first kappa shape index (κ1) is 16.7. The number of hydrogen-bond acceptors (Lipinski definition) is 5. The van der Waals surface area contributed by atoms with Crippen molar-refractivity contribution < 1.29 is 0 Å². The van der Waals surface area contributed by atoms with Gasteiger partial charge in [0.05, 0.1) is 23.9 Å². The molecule has 2 nitrogen and oxygen atoms in total. The second kappa shape index (κ2) is 7.18. The Morgan fingerprint density at radius 1 is 0.913 bits per heavy atom. The molecule has 1 unspecified atom stereocenters. The molecule has 0 saturated carbocycles. The number of nitrogens with one attached hydrogen (secondary N) is 1. The minimum atomic E-state index is 0.204. The summed E-state index contributed by atoms with van der Waals surface area (Å²) in [5.74, 6) is 0. The molecule has 0 aromatic carbocycles. The highest BCUT2D eigenvalue weighted by atomic mass is 32.2. The second-order valence-electron chi connectivity index (χ2n) is 5.14. The lowest BCUT2D eigenvalue weighted by Crippen LogP contribution is -2.31. The van der Waals surface area contributed by atoms with Crippen molar-refractivity contribution >= 4 is 51.7 Å². The summed E-state index contributed by atoms with van der Waals surface area (Å²) >= 11 is 5.13. The molecule has 1 atom stereocenters. The topological polar surface area (TPSA) is 24.4 Å². The van der Waals surface area contributed by atoms with Gasteiger partial charge in [-0.05, 0) is 43.7 Å². The van der Waals surface area contributed by atoms with Crippen molar-refractivity contribution in [1.82, 2.24) is 4.72 Å². The predicted molar refractivity (Wildman–Crippen MR) is 107 cm³/mol. The van der Waals surface area contributed by atoms with Crippen LogP contribution in [0.2, 0.25) is 0 Å². The first-order valence-electron chi connectivity index (χ1n) is 7.77. The van der Waals surface area contributed by atoms with Crippen LogP contribution in [0.1, 0.15) is 33.4 Å². The molecule has 0 radical (unpaired) electrons. The largest absolute Gasteiger partial charge is 0.231 e. The van der Waals surface area contributed by atoms with Crippen molar-refractivity contribution in [2.75, 3.05) is 0 Å². The minimum absolute atomic E-state index is 0.204. The van der Waals surface area contributed by atoms with Crippen LogP contribution in [0.3, 0.4) is 0 Å². The van der Waals surface area contributed by atoms with E-state index in [0.717, 1.165) is 5.71 Å². The summed E-state index contributed by atoms with van der Waals surface area (Å²) in [6.45, 7) is 8.30. The highest BCUT2D eigenvalue weighted by Gasteiger charge is 2.32. The lowest BCUT2D eigenvalue weighted by Gasteiger charge is -2.21. The molecule has 1 N–H and O–H groups in total. The molecule has 23 heavy (non-hydrogen) atoms. The normalized spacial score (nSPS) is 19.3. The summed E-state index contributed by atoms with van der Waals surface area (Å²) < 4.78 is 8.07. The average Bonchev–Trinajstić information content (AvgIpc) is 3.29. The second-order valence-corrected chi connectivity index (χ2v) is 8.32. The van der Waals surface area contributed by atoms with Gasteiger partial charge in [-0.25, -0.2) is 9.12 Å². The Kier molecular flexibility index (Phi) is 5.21. The monoisotopic (exact) mass is 360 g/mol. The zero-order chi connectivity index (χ0) is 16.4. The third-order valence-electron chi connectivity index (χ3n) is 3.64. The van der Waals surface area contributed by atoms with Gasteiger partial charge in [-0.2, -0.15) is 0 Å². The summed E-state index contributed by atoms with van der Waals surface area (Å²) in [4.78, 5) is 5.32. The molecule has 0 amide bonds. The Morgan fingerprint density at radius 3 is 2.17 bits per heavy atom. The molecule has 1 aliphatic carbocycles. The van der Waals surface area contributed by atoms with Crippen molar-refractivity contribution in [2.24, 2.45) is 4.40 Å². The van der Waals surface area contributed by atoms with Gasteiger partial charge in [-0.1, -0.05) is 26.0 Å². The predicted octanol–water partition coefficient (Wildman–Crippen LogP) is 5.91. The van der Waals surface area contributed by atoms with Gasteiger partial charge in [-0.15, -0.1) is 22.7 Å². The van der Waals surface area contributed by atoms with Crippen LogP contribution in [0.5, 0.6) is 0 Å². The van der Waals surface area contributed by atoms with E-state index in [4.69, 9.17) is 0 Å². The van der Waals surface area contributed by atoms with E-state index >= 15 is 0 Å². The Hall–Kier alpha value is -1.14. The van der Waals surface area contributed by atoms with Crippen molar-refractivity contribution in [3.63, 3.8) is 0 Å². The molecule has 1 aliphatic heterocycles. The van der Waals surface area contributed by atoms with Gasteiger partial charge >= 0.3 is 0 Å². The van der Waals surface area contributed by atoms with Crippen LogP contribution in [0, 0.1) is 13.8 Å². The molecule has 2 aromatic heterocycles. The average molecular weight is 361 g/mol. The van der Waals surface area contributed by atoms with Gasteiger partial charge in [0.2, 0.25) is 0 Å². The number of thiophene rings is 2. The van der Waals surface area contributed by atoms with E-state index in [0.29, 0.717) is 0 Å². The number of nitrogens with zero attached hydrogens (tertiary/aromatic N) is 1. The van der Waals surface area contributed by atoms with Crippen LogP contribution in [-0.4, -0.2) is 11.8 Å². The summed E-state index contributed by atoms with van der Waals surface area (Å²) in [5.41, 5.74) is 3.74. The molecule has 2 aliphatic rings. The fraction of sp³-hybridized carbons (Fsp3) is 0.278. The fourth-order valence-electron chi connectivity index (χ4n) is 2.61. The first-order valence-corrected chi connectivity index (χ1v) is 10.2. The van der Waals surface area contributed by atoms with E-state index in [1.54, 1.807) is 0 Å². The molecule has 0 fully saturated rings. The van der Waals surface area contributed by atoms with Gasteiger partial charge in [0.15, 0.2) is 0 Å². The lowest BCUT2D eigenvalue weighted by molar-refractivity contribution is 1.03. The van der Waals surface area contributed by atoms with Crippen LogP contribution < -0.4 is 4.72 Å². The number of allylic oxidation sites excluding steroid dienone is 2. The molecular weight excluding hydrogens is 340 g/mol. The van der Waals surface area contributed by atoms with Crippen LogP contribution in [-0.2, 0) is 0 Å². The summed E-state index contributed by atoms with van der Waals surface area (Å²) in [6.07, 6.45) is 4.47. The first-order chi connectivity index (χ1) is 11.2. The number of fused-ring (bicyclic) bond motifs is 1. The molecule has 4 rings (SSSR count). The molecule has 2 aromatic rings. The van der Waals surface area contributed by atoms with Crippen molar-refractivity contribution in [2.45, 2.75) is 33.7 Å². The molecule has 0 saturated heterocycles. The third kappa shape index (κ3) is 3.24. The standard InChI is InChI=1S/C16H14N2S3.C2H6/c1-9-3-7-13(19-9)11-5-6-12(14-8-4-10(2)20-14)16-15(11)17-21-18-16;1-2/h3-8,15,17H,1-2H3;1-2H3. The van der Waals surface area contributed by atoms with Crippen LogP contribution in [0.4, 0.5) is 0 Å². The van der Waals surface area contributed by atoms with E-state index in [2.05, 4.69) is 59.4 Å². The zero-order valence-electron chi connectivity index (χ0n) is 13.7. The van der Waals surface area contributed by atoms with E-state index in [1.807, 2.05) is 36.5 Å². The maximum Gasteiger partial charge on any atom is 0.0887 e. The van der Waals surface area contributed by atoms with Gasteiger partial charge < -0.3 is 0 Å². The molecule has 0 spiro atoms. The highest BCUT2D eigenvalue weighted by molar-refractivity contribution is 7.96. The van der Waals surface area contributed by atoms with E-state index < -0.39 is 0 Å². The van der Waals surface area contributed by atoms with Crippen molar-refractivity contribution in [3.05, 3.63) is 55.9 Å². The Balaban J connectivity index is 0.000000753. The summed E-state index contributed by atoms with van der Waals surface area (Å²) in [7, 11) is 0. The molecule has 3 heterocycles. The van der Waals surface area contributed by atoms with E-state index in [1.165, 1.54) is 42.8 Å². The molecule has 5 heteroatoms. The van der Waals surface area contributed by atoms with Gasteiger partial charge in [0.1, 0.15) is 0 Å². The minimum Gasteiger partial charge on any atom is -0.231 e. The summed E-state index contributed by atoms with van der Waals surface area (Å²) in [6, 6.07) is 8.97. The Labute approximate surface area is 150 Å². The van der Waals surface area contributed by atoms with Gasteiger partial charge in [0, 0.05) is 25.1 Å². The lowest BCUT2D eigenvalue weighted by atomic mass is 9.90. The maximum atomic E-state index is 4.63. The smallest absolute Gasteiger partial charge is 0.0887 e. The third-order valence-corrected chi connectivity index (χ3v) is 6.35. The Bertz CT molecular complexity index is 793. The molecule has 0 bridgehead atoms. The maximum absolute atomic E-state index is 4.63. The number of rotatable bonds is 2. The Morgan fingerprint density at radius 2 is 1.57 bits per heavy atom. The van der Waals surface area contributed by atoms with E-state index in [9.17, 15) is 0 Å². The van der Waals surface area contributed by atoms with Crippen LogP contribution in [0.15, 0.2) is 40.8 Å². The molecular formula is C18H20N2S3. The van der Waals surface area contributed by atoms with E-state index in [-0.39, 0.29) is 6.04 Å². The van der Waals surface area contributed by atoms with Crippen LogP contribution >= 0.6 is 34.8 Å². The van der Waals surface area contributed by atoms with Crippen molar-refractivity contribution in [1.29, 1.82) is 0 Å². The quantitative estimate of drug-likeness (QED) is 0.673. The zero-order valence-corrected chi connectivity index (χ0v) is 16.2. The van der Waals surface area contributed by atoms with Gasteiger partial charge in [-0.3, -0.25) is 0 Å². The SMILES string of the molecule is CC.Cc1ccc(C2=CC=C(c3ccc(C)s3)C3NSN=C23)s1. The molecule has 120 valence electrons. The van der Waals surface area contributed by atoms with Crippen LogP contribution in [0.25, 0.3) is 11.1 Å². The number of hydrogen-bond donors (Lipinski definition) is 1. The summed E-state index contributed by atoms with van der Waals surface area (Å²) in [5, 5.41) is 0. The van der Waals surface area contributed by atoms with Crippen molar-refractivity contribution in [3.8, 4) is 0 Å². The highest BCUT2D eigenvalue weighted by Crippen LogP contribution is 2.38. The fourth-order valence-corrected chi connectivity index (χ4v) is 5.13.